The van der Waals surface area contributed by atoms with Crippen LogP contribution in [0, 0.1) is 5.41 Å². The third-order valence-electron chi connectivity index (χ3n) is 3.72. The molecule has 0 aromatic rings. The Hall–Kier alpha value is -1.14. The van der Waals surface area contributed by atoms with Gasteiger partial charge >= 0.3 is 0 Å². The second-order valence-electron chi connectivity index (χ2n) is 4.63. The van der Waals surface area contributed by atoms with E-state index in [9.17, 15) is 0 Å². The van der Waals surface area contributed by atoms with Gasteiger partial charge in [0.05, 0.1) is 18.2 Å². The van der Waals surface area contributed by atoms with E-state index >= 15 is 0 Å². The Balaban J connectivity index is 1.87. The fraction of sp³-hybridized carbons (Fsp3) is 0.700. The van der Waals surface area contributed by atoms with Gasteiger partial charge < -0.3 is 9.64 Å². The summed E-state index contributed by atoms with van der Waals surface area (Å²) in [5.41, 5.74) is 2.73. The van der Waals surface area contributed by atoms with Crippen molar-refractivity contribution in [2.45, 2.75) is 43.6 Å². The number of nitrogens with zero attached hydrogens (tertiary/aromatic N) is 3. The van der Waals surface area contributed by atoms with Gasteiger partial charge in [-0.2, -0.15) is 10.1 Å². The van der Waals surface area contributed by atoms with Crippen molar-refractivity contribution in [3.63, 3.8) is 0 Å². The van der Waals surface area contributed by atoms with Gasteiger partial charge in [0.15, 0.2) is 0 Å². The minimum absolute atomic E-state index is 0.255. The lowest BCUT2D eigenvalue weighted by Gasteiger charge is -2.36. The molecular weight excluding hydrogens is 242 g/mol. The van der Waals surface area contributed by atoms with Crippen LogP contribution in [-0.4, -0.2) is 47.2 Å². The molecule has 4 fully saturated rings. The van der Waals surface area contributed by atoms with Crippen LogP contribution in [0.3, 0.4) is 0 Å². The molecule has 0 aromatic heterocycles. The van der Waals surface area contributed by atoms with Crippen molar-refractivity contribution >= 4 is 29.6 Å². The summed E-state index contributed by atoms with van der Waals surface area (Å²) in [4.78, 5) is 6.13. The molecule has 4 aliphatic heterocycles. The molecule has 6 nitrogen and oxygen atoms in total. The van der Waals surface area contributed by atoms with Gasteiger partial charge in [0.1, 0.15) is 0 Å². The number of hydrazone groups is 1. The first-order valence-corrected chi connectivity index (χ1v) is 6.05. The van der Waals surface area contributed by atoms with Crippen LogP contribution in [0.15, 0.2) is 10.1 Å². The molecule has 4 unspecified atom stereocenters. The van der Waals surface area contributed by atoms with E-state index in [2.05, 4.69) is 27.1 Å². The molecule has 0 radical (unpaired) electrons. The van der Waals surface area contributed by atoms with Crippen molar-refractivity contribution in [3.8, 4) is 0 Å². The van der Waals surface area contributed by atoms with Gasteiger partial charge in [0.25, 0.3) is 0 Å². The van der Waals surface area contributed by atoms with E-state index in [4.69, 9.17) is 21.7 Å². The molecule has 0 amide bonds. The summed E-state index contributed by atoms with van der Waals surface area (Å²) >= 11 is 5.53. The van der Waals surface area contributed by atoms with Crippen molar-refractivity contribution in [1.82, 2.24) is 10.3 Å². The second kappa shape index (κ2) is 3.96. The Morgan fingerprint density at radius 3 is 2.94 bits per heavy atom. The summed E-state index contributed by atoms with van der Waals surface area (Å²) < 4.78 is 5.86. The minimum atomic E-state index is -0.255. The largest absolute Gasteiger partial charge is 0.373 e. The highest BCUT2D eigenvalue weighted by atomic mass is 35.5. The second-order valence-corrected chi connectivity index (χ2v) is 4.99. The van der Waals surface area contributed by atoms with E-state index in [-0.39, 0.29) is 5.29 Å². The zero-order chi connectivity index (χ0) is 12.0. The van der Waals surface area contributed by atoms with Crippen molar-refractivity contribution in [2.75, 3.05) is 0 Å². The van der Waals surface area contributed by atoms with Crippen LogP contribution in [-0.2, 0) is 4.74 Å². The van der Waals surface area contributed by atoms with Crippen LogP contribution in [0.1, 0.15) is 19.3 Å². The monoisotopic (exact) mass is 255 g/mol. The van der Waals surface area contributed by atoms with Crippen LogP contribution in [0.5, 0.6) is 0 Å². The first kappa shape index (κ1) is 11.0. The number of hydrogen-bond acceptors (Lipinski definition) is 3. The first-order chi connectivity index (χ1) is 8.19. The summed E-state index contributed by atoms with van der Waals surface area (Å²) in [6.07, 6.45) is 3.75. The van der Waals surface area contributed by atoms with E-state index in [1.165, 1.54) is 0 Å². The number of rotatable bonds is 1. The van der Waals surface area contributed by atoms with Crippen molar-refractivity contribution in [1.29, 1.82) is 5.41 Å². The Labute approximate surface area is 104 Å². The standard InChI is InChI=1S/C10H14ClN5O/c1-13-15-10(14-9(11)12)16-5-2-6-4-7(16)8(3-5)17-6/h5-8H,1-4H2,(H2,12,14,15). The highest BCUT2D eigenvalue weighted by Gasteiger charge is 2.54. The third-order valence-corrected chi connectivity index (χ3v) is 3.80. The summed E-state index contributed by atoms with van der Waals surface area (Å²) in [7, 11) is 0. The maximum Gasteiger partial charge on any atom is 0.222 e. The number of aliphatic imine (C=N–C) groups is 1. The summed E-state index contributed by atoms with van der Waals surface area (Å²) in [6, 6.07) is 0.754. The van der Waals surface area contributed by atoms with E-state index in [0.29, 0.717) is 30.3 Å². The molecule has 4 aliphatic rings. The molecule has 4 atom stereocenters. The fourth-order valence-corrected chi connectivity index (χ4v) is 3.35. The highest BCUT2D eigenvalue weighted by Crippen LogP contribution is 2.45. The quantitative estimate of drug-likeness (QED) is 0.314. The van der Waals surface area contributed by atoms with E-state index in [0.717, 1.165) is 19.3 Å². The molecule has 4 rings (SSSR count). The van der Waals surface area contributed by atoms with Gasteiger partial charge in [-0.1, -0.05) is 0 Å². The first-order valence-electron chi connectivity index (χ1n) is 5.67. The Morgan fingerprint density at radius 2 is 2.29 bits per heavy atom. The van der Waals surface area contributed by atoms with Gasteiger partial charge in [-0.3, -0.25) is 5.41 Å². The molecule has 0 aliphatic carbocycles. The molecule has 0 spiro atoms. The normalized spacial score (nSPS) is 38.6. The summed E-state index contributed by atoms with van der Waals surface area (Å²) in [5.74, 6) is 0.515. The van der Waals surface area contributed by atoms with E-state index < -0.39 is 0 Å². The number of amidine groups is 1. The molecular formula is C10H14ClN5O. The number of piperidine rings is 1. The topological polar surface area (TPSA) is 73.1 Å². The van der Waals surface area contributed by atoms with Crippen molar-refractivity contribution in [2.24, 2.45) is 10.1 Å². The number of ether oxygens (including phenoxy) is 1. The molecule has 4 heterocycles. The maximum atomic E-state index is 7.25. The van der Waals surface area contributed by atoms with Gasteiger partial charge in [0, 0.05) is 12.8 Å². The summed E-state index contributed by atoms with van der Waals surface area (Å²) in [5, 5.41) is 10.6. The van der Waals surface area contributed by atoms with E-state index in [1.54, 1.807) is 0 Å². The predicted molar refractivity (Wildman–Crippen MR) is 65.6 cm³/mol. The highest BCUT2D eigenvalue weighted by molar-refractivity contribution is 6.64. The van der Waals surface area contributed by atoms with Crippen molar-refractivity contribution < 1.29 is 4.74 Å². The molecule has 92 valence electrons. The molecule has 2 N–H and O–H groups in total. The molecule has 4 saturated heterocycles. The molecule has 0 aromatic carbocycles. The lowest BCUT2D eigenvalue weighted by atomic mass is 10.0. The molecule has 0 saturated carbocycles. The number of hydrogen-bond donors (Lipinski definition) is 2. The van der Waals surface area contributed by atoms with Gasteiger partial charge in [-0.15, -0.1) is 0 Å². The van der Waals surface area contributed by atoms with Crippen LogP contribution in [0.25, 0.3) is 0 Å². The lowest BCUT2D eigenvalue weighted by Crippen LogP contribution is -2.50. The van der Waals surface area contributed by atoms with Gasteiger partial charge in [0.2, 0.25) is 11.3 Å². The zero-order valence-electron chi connectivity index (χ0n) is 9.27. The van der Waals surface area contributed by atoms with Crippen LogP contribution < -0.4 is 5.43 Å². The molecule has 17 heavy (non-hydrogen) atoms. The Bertz CT molecular complexity index is 394. The predicted octanol–water partition coefficient (Wildman–Crippen LogP) is 0.725. The molecule has 4 bridgehead atoms. The SMILES string of the molecule is C=NN/C(=N\C(=N)Cl)N1C2CC3CC1C(C2)O3. The molecule has 7 heteroatoms. The van der Waals surface area contributed by atoms with Crippen LogP contribution in [0.4, 0.5) is 0 Å². The van der Waals surface area contributed by atoms with Gasteiger partial charge in [-0.25, -0.2) is 5.43 Å². The fourth-order valence-electron chi connectivity index (χ4n) is 3.27. The van der Waals surface area contributed by atoms with Gasteiger partial charge in [-0.05, 0) is 30.9 Å². The van der Waals surface area contributed by atoms with Crippen molar-refractivity contribution in [3.05, 3.63) is 0 Å². The number of halogens is 1. The minimum Gasteiger partial charge on any atom is -0.373 e. The Morgan fingerprint density at radius 1 is 1.47 bits per heavy atom. The maximum absolute atomic E-state index is 7.25. The zero-order valence-corrected chi connectivity index (χ0v) is 10.0. The van der Waals surface area contributed by atoms with Crippen LogP contribution >= 0.6 is 11.6 Å². The number of guanidine groups is 1. The smallest absolute Gasteiger partial charge is 0.222 e. The number of nitrogens with one attached hydrogen (secondary N) is 2. The Kier molecular flexibility index (Phi) is 2.56. The van der Waals surface area contributed by atoms with E-state index in [1.807, 2.05) is 0 Å². The van der Waals surface area contributed by atoms with Crippen LogP contribution in [0.2, 0.25) is 0 Å². The average molecular weight is 256 g/mol. The summed E-state index contributed by atoms with van der Waals surface area (Å²) in [6.45, 7) is 3.39. The third kappa shape index (κ3) is 1.71. The lowest BCUT2D eigenvalue weighted by molar-refractivity contribution is 0.00741. The average Bonchev–Trinajstić information content (AvgIpc) is 2.66.